The van der Waals surface area contributed by atoms with Crippen molar-refractivity contribution in [3.63, 3.8) is 0 Å². The molecule has 220 valence electrons. The van der Waals surface area contributed by atoms with Crippen LogP contribution in [0.1, 0.15) is 27.6 Å². The molecule has 4 aromatic rings. The lowest BCUT2D eigenvalue weighted by molar-refractivity contribution is 0.0555. The van der Waals surface area contributed by atoms with Gasteiger partial charge in [0.25, 0.3) is 5.56 Å². The highest BCUT2D eigenvalue weighted by Gasteiger charge is 2.20. The van der Waals surface area contributed by atoms with Crippen LogP contribution in [0.5, 0.6) is 11.5 Å². The summed E-state index contributed by atoms with van der Waals surface area (Å²) in [4.78, 5) is 48.0. The largest absolute Gasteiger partial charge is 0.492 e. The van der Waals surface area contributed by atoms with Gasteiger partial charge in [0.1, 0.15) is 17.4 Å². The van der Waals surface area contributed by atoms with Gasteiger partial charge >= 0.3 is 11.9 Å². The van der Waals surface area contributed by atoms with Gasteiger partial charge in [0.15, 0.2) is 11.6 Å². The summed E-state index contributed by atoms with van der Waals surface area (Å²) >= 11 is 6.32. The molecule has 0 aliphatic carbocycles. The first-order valence-corrected chi connectivity index (χ1v) is 13.2. The molecule has 0 radical (unpaired) electrons. The van der Waals surface area contributed by atoms with Crippen molar-refractivity contribution in [1.29, 1.82) is 0 Å². The van der Waals surface area contributed by atoms with Gasteiger partial charge in [-0.25, -0.2) is 14.6 Å². The normalized spacial score (nSPS) is 10.7. The Morgan fingerprint density at radius 1 is 1.00 bits per heavy atom. The van der Waals surface area contributed by atoms with E-state index in [1.165, 1.54) is 38.6 Å². The van der Waals surface area contributed by atoms with Crippen molar-refractivity contribution in [2.45, 2.75) is 13.5 Å². The van der Waals surface area contributed by atoms with Crippen molar-refractivity contribution < 1.29 is 28.5 Å². The molecule has 13 heteroatoms. The number of hydrogen-bond donors (Lipinski definition) is 1. The van der Waals surface area contributed by atoms with Crippen LogP contribution in [0.4, 0.5) is 17.5 Å². The number of anilines is 3. The summed E-state index contributed by atoms with van der Waals surface area (Å²) in [6.45, 7) is 2.35. The molecule has 0 fully saturated rings. The molecule has 0 atom stereocenters. The van der Waals surface area contributed by atoms with Gasteiger partial charge in [0.2, 0.25) is 5.95 Å². The van der Waals surface area contributed by atoms with Crippen LogP contribution in [-0.4, -0.2) is 68.0 Å². The Morgan fingerprint density at radius 2 is 1.74 bits per heavy atom. The standard InChI is InChI=1S/C29H30ClN5O7/c1-6-41-24-14-17-13-18(32-25-22(30)16-31-29(33-25)34(2)3)7-10-23(17)35(26(24)36)11-12-42-19-8-9-20(27(37)39-4)21(15-19)28(38)40-5/h7-10,13-16H,6,11-12H2,1-5H3,(H,31,32,33). The molecule has 2 heterocycles. The summed E-state index contributed by atoms with van der Waals surface area (Å²) in [6, 6.07) is 11.5. The minimum Gasteiger partial charge on any atom is -0.492 e. The molecule has 12 nitrogen and oxygen atoms in total. The summed E-state index contributed by atoms with van der Waals surface area (Å²) in [5, 5.41) is 4.30. The van der Waals surface area contributed by atoms with Gasteiger partial charge in [-0.2, -0.15) is 4.98 Å². The number of carbonyl (C=O) groups excluding carboxylic acids is 2. The molecule has 0 spiro atoms. The molecular formula is C29H30ClN5O7. The van der Waals surface area contributed by atoms with Crippen LogP contribution in [0.3, 0.4) is 0 Å². The number of hydrogen-bond acceptors (Lipinski definition) is 11. The number of nitrogens with one attached hydrogen (secondary N) is 1. The first-order chi connectivity index (χ1) is 20.2. The van der Waals surface area contributed by atoms with Crippen LogP contribution >= 0.6 is 11.6 Å². The van der Waals surface area contributed by atoms with E-state index in [4.69, 9.17) is 30.5 Å². The second kappa shape index (κ2) is 13.2. The average Bonchev–Trinajstić information content (AvgIpc) is 2.99. The highest BCUT2D eigenvalue weighted by Crippen LogP contribution is 2.28. The Balaban J connectivity index is 1.62. The molecule has 0 amide bonds. The molecule has 42 heavy (non-hydrogen) atoms. The highest BCUT2D eigenvalue weighted by atomic mass is 35.5. The summed E-state index contributed by atoms with van der Waals surface area (Å²) in [5.74, 6) is 0.0405. The van der Waals surface area contributed by atoms with Crippen LogP contribution in [-0.2, 0) is 16.0 Å². The van der Waals surface area contributed by atoms with Gasteiger partial charge in [0, 0.05) is 25.2 Å². The van der Waals surface area contributed by atoms with E-state index in [0.29, 0.717) is 40.3 Å². The van der Waals surface area contributed by atoms with Gasteiger partial charge in [-0.3, -0.25) is 4.79 Å². The van der Waals surface area contributed by atoms with Crippen molar-refractivity contribution in [1.82, 2.24) is 14.5 Å². The maximum Gasteiger partial charge on any atom is 0.338 e. The quantitative estimate of drug-likeness (QED) is 0.249. The smallest absolute Gasteiger partial charge is 0.338 e. The molecule has 2 aromatic heterocycles. The van der Waals surface area contributed by atoms with Crippen LogP contribution in [0, 0.1) is 0 Å². The van der Waals surface area contributed by atoms with E-state index in [-0.39, 0.29) is 35.6 Å². The first kappa shape index (κ1) is 30.1. The molecule has 4 rings (SSSR count). The Kier molecular flexibility index (Phi) is 9.48. The SMILES string of the molecule is CCOc1cc2cc(Nc3nc(N(C)C)ncc3Cl)ccc2n(CCOc2ccc(C(=O)OC)c(C(=O)OC)c2)c1=O. The van der Waals surface area contributed by atoms with Crippen molar-refractivity contribution in [3.05, 3.63) is 75.2 Å². The predicted molar refractivity (Wildman–Crippen MR) is 159 cm³/mol. The van der Waals surface area contributed by atoms with Gasteiger partial charge in [0.05, 0.1) is 50.2 Å². The number of ether oxygens (including phenoxy) is 4. The molecule has 0 aliphatic heterocycles. The summed E-state index contributed by atoms with van der Waals surface area (Å²) in [6.07, 6.45) is 1.52. The molecule has 0 saturated carbocycles. The van der Waals surface area contributed by atoms with Crippen molar-refractivity contribution in [2.24, 2.45) is 0 Å². The molecule has 1 N–H and O–H groups in total. The third-order valence-electron chi connectivity index (χ3n) is 6.14. The number of methoxy groups -OCH3 is 2. The second-order valence-corrected chi connectivity index (χ2v) is 9.50. The topological polar surface area (TPSA) is 134 Å². The van der Waals surface area contributed by atoms with Gasteiger partial charge in [-0.15, -0.1) is 0 Å². The number of esters is 2. The summed E-state index contributed by atoms with van der Waals surface area (Å²) in [5.41, 5.74) is 1.08. The Labute approximate surface area is 246 Å². The third kappa shape index (κ3) is 6.55. The van der Waals surface area contributed by atoms with Crippen LogP contribution in [0.15, 0.2) is 53.5 Å². The maximum absolute atomic E-state index is 13.3. The Hall–Kier alpha value is -4.84. The van der Waals surface area contributed by atoms with Crippen molar-refractivity contribution in [3.8, 4) is 11.5 Å². The first-order valence-electron chi connectivity index (χ1n) is 12.9. The van der Waals surface area contributed by atoms with E-state index in [0.717, 1.165) is 5.39 Å². The van der Waals surface area contributed by atoms with E-state index < -0.39 is 11.9 Å². The van der Waals surface area contributed by atoms with Gasteiger partial charge in [-0.1, -0.05) is 11.6 Å². The van der Waals surface area contributed by atoms with Gasteiger partial charge < -0.3 is 33.7 Å². The van der Waals surface area contributed by atoms with Crippen molar-refractivity contribution in [2.75, 3.05) is 51.7 Å². The number of carbonyl (C=O) groups is 2. The fourth-order valence-electron chi connectivity index (χ4n) is 4.15. The average molecular weight is 596 g/mol. The minimum atomic E-state index is -0.710. The number of benzene rings is 2. The molecule has 0 bridgehead atoms. The monoisotopic (exact) mass is 595 g/mol. The zero-order valence-electron chi connectivity index (χ0n) is 23.8. The van der Waals surface area contributed by atoms with Crippen LogP contribution in [0.25, 0.3) is 10.9 Å². The molecule has 0 aliphatic rings. The van der Waals surface area contributed by atoms with Crippen LogP contribution in [0.2, 0.25) is 5.02 Å². The highest BCUT2D eigenvalue weighted by molar-refractivity contribution is 6.32. The number of rotatable bonds is 11. The number of nitrogens with zero attached hydrogens (tertiary/aromatic N) is 4. The summed E-state index contributed by atoms with van der Waals surface area (Å²) in [7, 11) is 6.09. The van der Waals surface area contributed by atoms with E-state index in [1.54, 1.807) is 34.6 Å². The lowest BCUT2D eigenvalue weighted by Crippen LogP contribution is -2.25. The third-order valence-corrected chi connectivity index (χ3v) is 6.42. The number of aromatic nitrogens is 3. The summed E-state index contributed by atoms with van der Waals surface area (Å²) < 4.78 is 22.6. The number of halogens is 1. The predicted octanol–water partition coefficient (Wildman–Crippen LogP) is 4.31. The van der Waals surface area contributed by atoms with E-state index >= 15 is 0 Å². The Morgan fingerprint density at radius 3 is 2.43 bits per heavy atom. The zero-order valence-corrected chi connectivity index (χ0v) is 24.5. The van der Waals surface area contributed by atoms with E-state index in [1.807, 2.05) is 20.2 Å². The molecule has 0 saturated heterocycles. The zero-order chi connectivity index (χ0) is 30.4. The van der Waals surface area contributed by atoms with Crippen molar-refractivity contribution >= 4 is 51.9 Å². The fourth-order valence-corrected chi connectivity index (χ4v) is 4.29. The van der Waals surface area contributed by atoms with E-state index in [9.17, 15) is 14.4 Å². The second-order valence-electron chi connectivity index (χ2n) is 9.10. The maximum atomic E-state index is 13.3. The molecular weight excluding hydrogens is 566 g/mol. The fraction of sp³-hybridized carbons (Fsp3) is 0.276. The molecule has 2 aromatic carbocycles. The van der Waals surface area contributed by atoms with E-state index in [2.05, 4.69) is 15.3 Å². The minimum absolute atomic E-state index is 0.00401. The van der Waals surface area contributed by atoms with Gasteiger partial charge in [-0.05, 0) is 49.4 Å². The molecule has 0 unspecified atom stereocenters. The Bertz CT molecular complexity index is 1690. The number of pyridine rings is 1. The van der Waals surface area contributed by atoms with Crippen LogP contribution < -0.4 is 25.2 Å². The number of fused-ring (bicyclic) bond motifs is 1. The lowest BCUT2D eigenvalue weighted by atomic mass is 10.1. The lowest BCUT2D eigenvalue weighted by Gasteiger charge is -2.16.